The number of ether oxygens (including phenoxy) is 1. The third-order valence-corrected chi connectivity index (χ3v) is 2.56. The predicted octanol–water partition coefficient (Wildman–Crippen LogP) is 3.76. The van der Waals surface area contributed by atoms with Crippen LogP contribution in [0.1, 0.15) is 17.9 Å². The second-order valence-corrected chi connectivity index (χ2v) is 4.01. The van der Waals surface area contributed by atoms with Crippen LogP contribution in [0.5, 0.6) is 5.75 Å². The van der Waals surface area contributed by atoms with Gasteiger partial charge in [0.2, 0.25) is 0 Å². The van der Waals surface area contributed by atoms with Crippen molar-refractivity contribution in [1.29, 1.82) is 0 Å². The minimum Gasteiger partial charge on any atom is -0.497 e. The minimum atomic E-state index is 0.0188. The van der Waals surface area contributed by atoms with E-state index in [1.165, 1.54) is 0 Å². The van der Waals surface area contributed by atoms with Crippen molar-refractivity contribution < 1.29 is 4.74 Å². The average Bonchev–Trinajstić information content (AvgIpc) is 2.03. The highest BCUT2D eigenvalue weighted by Crippen LogP contribution is 2.30. The number of hydrogen-bond acceptors (Lipinski definition) is 1. The van der Waals surface area contributed by atoms with Gasteiger partial charge in [0.15, 0.2) is 0 Å². The van der Waals surface area contributed by atoms with Gasteiger partial charge in [0.1, 0.15) is 5.75 Å². The Bertz CT molecular complexity index is 273. The summed E-state index contributed by atoms with van der Waals surface area (Å²) in [6.45, 7) is 1.94. The van der Waals surface area contributed by atoms with Gasteiger partial charge in [-0.1, -0.05) is 22.0 Å². The van der Waals surface area contributed by atoms with E-state index in [1.54, 1.807) is 7.11 Å². The van der Waals surface area contributed by atoms with Gasteiger partial charge in [0.25, 0.3) is 0 Å². The van der Waals surface area contributed by atoms with Crippen LogP contribution in [0.4, 0.5) is 0 Å². The molecule has 3 heteroatoms. The molecule has 0 bridgehead atoms. The molecule has 1 atom stereocenters. The lowest BCUT2D eigenvalue weighted by Gasteiger charge is -2.07. The first-order valence-electron chi connectivity index (χ1n) is 3.62. The van der Waals surface area contributed by atoms with Crippen LogP contribution in [0.2, 0.25) is 0 Å². The Kier molecular flexibility index (Phi) is 3.41. The van der Waals surface area contributed by atoms with Gasteiger partial charge in [0.05, 0.1) is 12.5 Å². The van der Waals surface area contributed by atoms with Crippen molar-refractivity contribution in [3.8, 4) is 5.75 Å². The number of halogens is 2. The maximum absolute atomic E-state index is 5.93. The van der Waals surface area contributed by atoms with Crippen molar-refractivity contribution >= 4 is 27.5 Å². The molecule has 1 aromatic rings. The number of alkyl halides is 1. The summed E-state index contributed by atoms with van der Waals surface area (Å²) in [5, 5.41) is 0.0188. The minimum absolute atomic E-state index is 0.0188. The molecule has 0 aliphatic heterocycles. The maximum Gasteiger partial charge on any atom is 0.120 e. The van der Waals surface area contributed by atoms with Gasteiger partial charge in [-0.3, -0.25) is 0 Å². The molecule has 1 nitrogen and oxygen atoms in total. The molecule has 0 heterocycles. The van der Waals surface area contributed by atoms with Gasteiger partial charge in [-0.15, -0.1) is 11.6 Å². The van der Waals surface area contributed by atoms with Crippen molar-refractivity contribution in [2.45, 2.75) is 12.3 Å². The fourth-order valence-electron chi connectivity index (χ4n) is 0.957. The van der Waals surface area contributed by atoms with E-state index in [1.807, 2.05) is 25.1 Å². The average molecular weight is 250 g/mol. The normalized spacial score (nSPS) is 12.7. The molecule has 1 rings (SSSR count). The zero-order valence-electron chi connectivity index (χ0n) is 6.97. The van der Waals surface area contributed by atoms with E-state index < -0.39 is 0 Å². The molecule has 1 aromatic carbocycles. The second kappa shape index (κ2) is 4.15. The lowest BCUT2D eigenvalue weighted by molar-refractivity contribution is 0.414. The Morgan fingerprint density at radius 3 is 2.58 bits per heavy atom. The largest absolute Gasteiger partial charge is 0.497 e. The van der Waals surface area contributed by atoms with E-state index in [2.05, 4.69) is 15.9 Å². The van der Waals surface area contributed by atoms with Crippen LogP contribution in [0.3, 0.4) is 0 Å². The summed E-state index contributed by atoms with van der Waals surface area (Å²) < 4.78 is 6.05. The summed E-state index contributed by atoms with van der Waals surface area (Å²) in [4.78, 5) is 0. The van der Waals surface area contributed by atoms with Crippen molar-refractivity contribution in [2.24, 2.45) is 0 Å². The van der Waals surface area contributed by atoms with Crippen molar-refractivity contribution in [1.82, 2.24) is 0 Å². The van der Waals surface area contributed by atoms with Crippen molar-refractivity contribution in [2.75, 3.05) is 7.11 Å². The van der Waals surface area contributed by atoms with Crippen LogP contribution in [-0.2, 0) is 0 Å². The molecule has 1 unspecified atom stereocenters. The third kappa shape index (κ3) is 2.14. The van der Waals surface area contributed by atoms with Gasteiger partial charge in [-0.25, -0.2) is 0 Å². The van der Waals surface area contributed by atoms with Crippen LogP contribution in [-0.4, -0.2) is 7.11 Å². The van der Waals surface area contributed by atoms with Crippen LogP contribution < -0.4 is 4.74 Å². The molecule has 0 aliphatic rings. The fraction of sp³-hybridized carbons (Fsp3) is 0.333. The number of hydrogen-bond donors (Lipinski definition) is 0. The lowest BCUT2D eigenvalue weighted by Crippen LogP contribution is -1.88. The molecule has 0 saturated heterocycles. The molecule has 12 heavy (non-hydrogen) atoms. The molecule has 0 spiro atoms. The summed E-state index contributed by atoms with van der Waals surface area (Å²) in [6, 6.07) is 5.77. The summed E-state index contributed by atoms with van der Waals surface area (Å²) in [7, 11) is 1.64. The molecule has 0 amide bonds. The predicted molar refractivity (Wildman–Crippen MR) is 55.0 cm³/mol. The summed E-state index contributed by atoms with van der Waals surface area (Å²) in [5.41, 5.74) is 1.08. The Balaban J connectivity index is 3.03. The smallest absolute Gasteiger partial charge is 0.120 e. The van der Waals surface area contributed by atoms with E-state index >= 15 is 0 Å². The Hall–Kier alpha value is -0.210. The molecule has 0 aromatic heterocycles. The molecule has 0 fully saturated rings. The quantitative estimate of drug-likeness (QED) is 0.725. The van der Waals surface area contributed by atoms with E-state index in [4.69, 9.17) is 16.3 Å². The van der Waals surface area contributed by atoms with Crippen LogP contribution in [0.25, 0.3) is 0 Å². The summed E-state index contributed by atoms with van der Waals surface area (Å²) in [5.74, 6) is 0.836. The van der Waals surface area contributed by atoms with Gasteiger partial charge in [0, 0.05) is 4.47 Å². The highest BCUT2D eigenvalue weighted by Gasteiger charge is 2.06. The first kappa shape index (κ1) is 9.87. The monoisotopic (exact) mass is 248 g/mol. The van der Waals surface area contributed by atoms with Gasteiger partial charge >= 0.3 is 0 Å². The van der Waals surface area contributed by atoms with E-state index in [9.17, 15) is 0 Å². The lowest BCUT2D eigenvalue weighted by atomic mass is 10.1. The first-order valence-corrected chi connectivity index (χ1v) is 4.85. The SMILES string of the molecule is COc1ccc(C(C)Cl)c(Br)c1. The summed E-state index contributed by atoms with van der Waals surface area (Å²) >= 11 is 9.36. The first-order chi connectivity index (χ1) is 5.65. The van der Waals surface area contributed by atoms with Gasteiger partial charge in [-0.2, -0.15) is 0 Å². The van der Waals surface area contributed by atoms with Gasteiger partial charge in [-0.05, 0) is 24.6 Å². The van der Waals surface area contributed by atoms with Crippen LogP contribution in [0, 0.1) is 0 Å². The molecule has 0 aliphatic carbocycles. The van der Waals surface area contributed by atoms with Crippen molar-refractivity contribution in [3.63, 3.8) is 0 Å². The van der Waals surface area contributed by atoms with E-state index in [0.717, 1.165) is 15.8 Å². The van der Waals surface area contributed by atoms with E-state index in [0.29, 0.717) is 0 Å². The topological polar surface area (TPSA) is 9.23 Å². The molecule has 0 radical (unpaired) electrons. The fourth-order valence-corrected chi connectivity index (χ4v) is 1.98. The molecular formula is C9H10BrClO. The summed E-state index contributed by atoms with van der Waals surface area (Å²) in [6.07, 6.45) is 0. The van der Waals surface area contributed by atoms with Crippen LogP contribution >= 0.6 is 27.5 Å². The molecule has 66 valence electrons. The zero-order chi connectivity index (χ0) is 9.14. The van der Waals surface area contributed by atoms with E-state index in [-0.39, 0.29) is 5.38 Å². The zero-order valence-corrected chi connectivity index (χ0v) is 9.32. The maximum atomic E-state index is 5.93. The highest BCUT2D eigenvalue weighted by molar-refractivity contribution is 9.10. The van der Waals surface area contributed by atoms with Crippen molar-refractivity contribution in [3.05, 3.63) is 28.2 Å². The van der Waals surface area contributed by atoms with Crippen LogP contribution in [0.15, 0.2) is 22.7 Å². The highest BCUT2D eigenvalue weighted by atomic mass is 79.9. The Morgan fingerprint density at radius 2 is 2.17 bits per heavy atom. The third-order valence-electron chi connectivity index (χ3n) is 1.64. The number of methoxy groups -OCH3 is 1. The van der Waals surface area contributed by atoms with Gasteiger partial charge < -0.3 is 4.74 Å². The molecular weight excluding hydrogens is 239 g/mol. The molecule has 0 saturated carbocycles. The standard InChI is InChI=1S/C9H10BrClO/c1-6(11)8-4-3-7(12-2)5-9(8)10/h3-6H,1-2H3. The number of rotatable bonds is 2. The molecule has 0 N–H and O–H groups in total. The second-order valence-electron chi connectivity index (χ2n) is 2.50. The Morgan fingerprint density at radius 1 is 1.50 bits per heavy atom. The number of benzene rings is 1. The Labute approximate surface area is 85.8 Å².